The van der Waals surface area contributed by atoms with Crippen LogP contribution in [0, 0.1) is 6.92 Å². The molecule has 1 N–H and O–H groups in total. The van der Waals surface area contributed by atoms with Crippen LogP contribution in [0.4, 0.5) is 13.2 Å². The summed E-state index contributed by atoms with van der Waals surface area (Å²) in [7, 11) is 0. The third-order valence-corrected chi connectivity index (χ3v) is 6.08. The van der Waals surface area contributed by atoms with E-state index in [9.17, 15) is 13.2 Å². The van der Waals surface area contributed by atoms with Crippen LogP contribution >= 0.6 is 0 Å². The average Bonchev–Trinajstić information content (AvgIpc) is 3.27. The number of aromatic amines is 1. The molecule has 4 nitrogen and oxygen atoms in total. The zero-order chi connectivity index (χ0) is 29.3. The first-order chi connectivity index (χ1) is 19.0. The summed E-state index contributed by atoms with van der Waals surface area (Å²) in [6.45, 7) is 14.8. The van der Waals surface area contributed by atoms with Crippen molar-refractivity contribution >= 4 is 0 Å². The van der Waals surface area contributed by atoms with Gasteiger partial charge in [-0.3, -0.25) is 0 Å². The number of allylic oxidation sites excluding steroid dienone is 8. The van der Waals surface area contributed by atoms with Gasteiger partial charge in [0.25, 0.3) is 0 Å². The number of ether oxygens (including phenoxy) is 2. The van der Waals surface area contributed by atoms with E-state index in [0.29, 0.717) is 41.6 Å². The Hall–Kier alpha value is -4.26. The molecular weight excluding hydrogens is 513 g/mol. The molecule has 0 saturated carbocycles. The van der Waals surface area contributed by atoms with E-state index in [0.717, 1.165) is 22.9 Å². The fourth-order valence-electron chi connectivity index (χ4n) is 4.05. The fraction of sp³-hybridized carbons (Fsp3) is 0.242. The van der Waals surface area contributed by atoms with E-state index >= 15 is 0 Å². The van der Waals surface area contributed by atoms with E-state index < -0.39 is 11.7 Å². The number of aryl methyl sites for hydroxylation is 1. The molecule has 0 spiro atoms. The minimum atomic E-state index is -4.51. The van der Waals surface area contributed by atoms with Gasteiger partial charge in [-0.2, -0.15) is 13.2 Å². The second kappa shape index (κ2) is 13.7. The average molecular weight is 549 g/mol. The van der Waals surface area contributed by atoms with Gasteiger partial charge in [0.05, 0.1) is 22.9 Å². The number of alkyl halides is 3. The van der Waals surface area contributed by atoms with Crippen LogP contribution in [0.2, 0.25) is 0 Å². The molecule has 0 aliphatic rings. The van der Waals surface area contributed by atoms with E-state index in [1.807, 2.05) is 69.3 Å². The molecule has 0 saturated heterocycles. The molecule has 0 unspecified atom stereocenters. The number of H-pyrrole nitrogens is 1. The van der Waals surface area contributed by atoms with Crippen LogP contribution < -0.4 is 9.47 Å². The van der Waals surface area contributed by atoms with Gasteiger partial charge in [-0.1, -0.05) is 67.8 Å². The largest absolute Gasteiger partial charge is 0.490 e. The highest BCUT2D eigenvalue weighted by Gasteiger charge is 2.33. The minimum absolute atomic E-state index is 0.0766. The maximum atomic E-state index is 13.7. The Morgan fingerprint density at radius 1 is 1.10 bits per heavy atom. The lowest BCUT2D eigenvalue weighted by molar-refractivity contribution is -0.0888. The Labute approximate surface area is 234 Å². The van der Waals surface area contributed by atoms with Crippen LogP contribution in [-0.2, 0) is 13.0 Å². The normalized spacial score (nSPS) is 12.9. The van der Waals surface area contributed by atoms with Gasteiger partial charge in [0.15, 0.2) is 0 Å². The standard InChI is InChI=1S/C33H35F3N2O2/c1-7-9-15-29(33(34,35)36)23(5)26(8-2)16-19-30-24(6)37-32(38-30)28-18-17-27(20-31(28)40-22(3)4)39-21-25-13-11-10-12-14-25/h7-18,20,22H,1-2,19,21H2,3-6H3,(H,37,38)/b15-9-,26-16+,29-23-. The molecule has 210 valence electrons. The Kier molecular flexibility index (Phi) is 10.4. The van der Waals surface area contributed by atoms with Crippen molar-refractivity contribution in [3.05, 3.63) is 126 Å². The van der Waals surface area contributed by atoms with Crippen molar-refractivity contribution in [3.63, 3.8) is 0 Å². The third-order valence-electron chi connectivity index (χ3n) is 6.08. The maximum absolute atomic E-state index is 13.7. The molecule has 2 aromatic carbocycles. The van der Waals surface area contributed by atoms with E-state index in [-0.39, 0.29) is 11.7 Å². The Balaban J connectivity index is 1.90. The molecule has 7 heteroatoms. The van der Waals surface area contributed by atoms with Gasteiger partial charge in [-0.15, -0.1) is 0 Å². The second-order valence-corrected chi connectivity index (χ2v) is 9.45. The number of rotatable bonds is 12. The topological polar surface area (TPSA) is 47.1 Å². The summed E-state index contributed by atoms with van der Waals surface area (Å²) in [5.74, 6) is 1.88. The van der Waals surface area contributed by atoms with Gasteiger partial charge in [0.1, 0.15) is 23.9 Å². The van der Waals surface area contributed by atoms with Gasteiger partial charge in [0.2, 0.25) is 0 Å². The SMILES string of the molecule is C=C\C=C/C(=C(C)/C(C=C)=C/Cc1nc(-c2ccc(OCc3ccccc3)cc2OC(C)C)[nH]c1C)C(F)(F)F. The van der Waals surface area contributed by atoms with Crippen LogP contribution in [0.25, 0.3) is 11.4 Å². The summed E-state index contributed by atoms with van der Waals surface area (Å²) < 4.78 is 53.0. The Bertz CT molecular complexity index is 1410. The molecule has 1 heterocycles. The van der Waals surface area contributed by atoms with Crippen molar-refractivity contribution < 1.29 is 22.6 Å². The fourth-order valence-corrected chi connectivity index (χ4v) is 4.05. The van der Waals surface area contributed by atoms with Crippen molar-refractivity contribution in [3.8, 4) is 22.9 Å². The molecule has 0 amide bonds. The number of nitrogens with one attached hydrogen (secondary N) is 1. The summed E-state index contributed by atoms with van der Waals surface area (Å²) in [5, 5.41) is 0. The lowest BCUT2D eigenvalue weighted by Gasteiger charge is -2.15. The summed E-state index contributed by atoms with van der Waals surface area (Å²) in [6.07, 6.45) is 2.45. The lowest BCUT2D eigenvalue weighted by Crippen LogP contribution is -2.12. The highest BCUT2D eigenvalue weighted by molar-refractivity contribution is 5.66. The Morgan fingerprint density at radius 2 is 1.82 bits per heavy atom. The van der Waals surface area contributed by atoms with E-state index in [1.54, 1.807) is 6.08 Å². The number of benzene rings is 2. The number of imidazole rings is 1. The van der Waals surface area contributed by atoms with Crippen LogP contribution in [0.15, 0.2) is 109 Å². The van der Waals surface area contributed by atoms with Gasteiger partial charge >= 0.3 is 6.18 Å². The van der Waals surface area contributed by atoms with Crippen molar-refractivity contribution in [2.45, 2.75) is 53.0 Å². The molecule has 0 radical (unpaired) electrons. The summed E-state index contributed by atoms with van der Waals surface area (Å²) in [5.41, 5.74) is 3.04. The molecule has 0 fully saturated rings. The van der Waals surface area contributed by atoms with Crippen LogP contribution in [0.3, 0.4) is 0 Å². The zero-order valence-corrected chi connectivity index (χ0v) is 23.3. The lowest BCUT2D eigenvalue weighted by atomic mass is 9.99. The monoisotopic (exact) mass is 548 g/mol. The number of aromatic nitrogens is 2. The first-order valence-electron chi connectivity index (χ1n) is 13.0. The van der Waals surface area contributed by atoms with E-state index in [2.05, 4.69) is 18.1 Å². The third kappa shape index (κ3) is 8.12. The molecule has 0 aliphatic heterocycles. The van der Waals surface area contributed by atoms with Gasteiger partial charge in [-0.25, -0.2) is 4.98 Å². The van der Waals surface area contributed by atoms with E-state index in [1.165, 1.54) is 25.2 Å². The molecule has 3 aromatic rings. The van der Waals surface area contributed by atoms with Gasteiger partial charge in [0, 0.05) is 18.2 Å². The van der Waals surface area contributed by atoms with Gasteiger partial charge < -0.3 is 14.5 Å². The number of halogens is 3. The predicted molar refractivity (Wildman–Crippen MR) is 155 cm³/mol. The first kappa shape index (κ1) is 30.3. The van der Waals surface area contributed by atoms with Crippen LogP contribution in [-0.4, -0.2) is 22.2 Å². The summed E-state index contributed by atoms with van der Waals surface area (Å²) in [6, 6.07) is 15.5. The molecule has 0 atom stereocenters. The maximum Gasteiger partial charge on any atom is 0.416 e. The molecule has 0 aliphatic carbocycles. The highest BCUT2D eigenvalue weighted by atomic mass is 19.4. The van der Waals surface area contributed by atoms with Crippen molar-refractivity contribution in [2.75, 3.05) is 0 Å². The van der Waals surface area contributed by atoms with Crippen LogP contribution in [0.1, 0.15) is 37.7 Å². The van der Waals surface area contributed by atoms with E-state index in [4.69, 9.17) is 14.5 Å². The minimum Gasteiger partial charge on any atom is -0.490 e. The molecule has 3 rings (SSSR count). The first-order valence-corrected chi connectivity index (χ1v) is 13.0. The Morgan fingerprint density at radius 3 is 2.45 bits per heavy atom. The van der Waals surface area contributed by atoms with Crippen LogP contribution in [0.5, 0.6) is 11.5 Å². The van der Waals surface area contributed by atoms with Crippen molar-refractivity contribution in [1.29, 1.82) is 0 Å². The molecular formula is C33H35F3N2O2. The predicted octanol–water partition coefficient (Wildman–Crippen LogP) is 9.03. The number of hydrogen-bond donors (Lipinski definition) is 1. The number of nitrogens with zero attached hydrogens (tertiary/aromatic N) is 1. The second-order valence-electron chi connectivity index (χ2n) is 9.45. The molecule has 1 aromatic heterocycles. The molecule has 40 heavy (non-hydrogen) atoms. The summed E-state index contributed by atoms with van der Waals surface area (Å²) >= 11 is 0. The van der Waals surface area contributed by atoms with Gasteiger partial charge in [-0.05, 0) is 62.6 Å². The number of hydrogen-bond acceptors (Lipinski definition) is 3. The zero-order valence-electron chi connectivity index (χ0n) is 23.3. The molecule has 0 bridgehead atoms. The van der Waals surface area contributed by atoms with Crippen molar-refractivity contribution in [1.82, 2.24) is 9.97 Å². The smallest absolute Gasteiger partial charge is 0.416 e. The summed E-state index contributed by atoms with van der Waals surface area (Å²) in [4.78, 5) is 8.06. The van der Waals surface area contributed by atoms with Crippen molar-refractivity contribution in [2.24, 2.45) is 0 Å². The highest BCUT2D eigenvalue weighted by Crippen LogP contribution is 2.35. The quantitative estimate of drug-likeness (QED) is 0.230.